The Labute approximate surface area is 212 Å². The first-order valence-electron chi connectivity index (χ1n) is 12.6. The predicted octanol–water partition coefficient (Wildman–Crippen LogP) is 3.36. The number of para-hydroxylation sites is 1. The van der Waals surface area contributed by atoms with Crippen LogP contribution >= 0.6 is 0 Å². The van der Waals surface area contributed by atoms with Crippen molar-refractivity contribution in [1.29, 1.82) is 0 Å². The number of piperidine rings is 1. The maximum Gasteiger partial charge on any atom is 0.257 e. The average Bonchev–Trinajstić information content (AvgIpc) is 3.29. The normalized spacial score (nSPS) is 21.5. The number of likely N-dealkylation sites (tertiary alicyclic amines) is 1. The molecule has 1 amide bonds. The van der Waals surface area contributed by atoms with Crippen LogP contribution in [0.2, 0.25) is 0 Å². The summed E-state index contributed by atoms with van der Waals surface area (Å²) in [5.41, 5.74) is 2.93. The number of carbonyl (C=O) groups excluding carboxylic acids is 1. The first-order valence-corrected chi connectivity index (χ1v) is 12.6. The van der Waals surface area contributed by atoms with Crippen molar-refractivity contribution in [3.63, 3.8) is 0 Å². The van der Waals surface area contributed by atoms with Crippen LogP contribution in [0.3, 0.4) is 0 Å². The number of hydrogen-bond donors (Lipinski definition) is 0. The van der Waals surface area contributed by atoms with E-state index in [1.54, 1.807) is 24.2 Å². The van der Waals surface area contributed by atoms with E-state index in [0.29, 0.717) is 17.6 Å². The molecular weight excluding hydrogens is 456 g/mol. The maximum absolute atomic E-state index is 13.4. The van der Waals surface area contributed by atoms with E-state index in [2.05, 4.69) is 28.8 Å². The molecule has 0 saturated carbocycles. The summed E-state index contributed by atoms with van der Waals surface area (Å²) in [6.07, 6.45) is 5.79. The lowest BCUT2D eigenvalue weighted by Crippen LogP contribution is -2.53. The molecule has 5 rings (SSSR count). The average molecular weight is 491 g/mol. The highest BCUT2D eigenvalue weighted by molar-refractivity contribution is 5.95. The minimum Gasteiger partial charge on any atom is -0.496 e. The number of morpholine rings is 1. The summed E-state index contributed by atoms with van der Waals surface area (Å²) in [5.74, 6) is 1.17. The van der Waals surface area contributed by atoms with Crippen LogP contribution in [0.4, 0.5) is 0 Å². The van der Waals surface area contributed by atoms with Crippen LogP contribution in [-0.2, 0) is 4.74 Å². The zero-order chi connectivity index (χ0) is 25.2. The van der Waals surface area contributed by atoms with Gasteiger partial charge >= 0.3 is 0 Å². The van der Waals surface area contributed by atoms with Gasteiger partial charge in [0.05, 0.1) is 42.5 Å². The highest BCUT2D eigenvalue weighted by Gasteiger charge is 2.32. The first kappa shape index (κ1) is 24.4. The molecule has 4 heterocycles. The summed E-state index contributed by atoms with van der Waals surface area (Å²) in [6.45, 7) is 9.57. The number of aromatic nitrogens is 4. The Kier molecular flexibility index (Phi) is 7.02. The van der Waals surface area contributed by atoms with Crippen LogP contribution in [0.25, 0.3) is 17.2 Å². The van der Waals surface area contributed by atoms with Crippen molar-refractivity contribution in [3.8, 4) is 23.0 Å². The molecule has 36 heavy (non-hydrogen) atoms. The molecule has 0 N–H and O–H groups in total. The second-order valence-corrected chi connectivity index (χ2v) is 9.73. The third kappa shape index (κ3) is 4.85. The molecule has 1 aromatic carbocycles. The molecule has 2 fully saturated rings. The van der Waals surface area contributed by atoms with Crippen LogP contribution in [-0.4, -0.2) is 87.0 Å². The van der Waals surface area contributed by atoms with Crippen LogP contribution in [0.1, 0.15) is 42.7 Å². The van der Waals surface area contributed by atoms with Crippen molar-refractivity contribution >= 4 is 5.91 Å². The molecule has 0 spiro atoms. The molecule has 2 atom stereocenters. The summed E-state index contributed by atoms with van der Waals surface area (Å²) in [4.78, 5) is 27.0. The topological polar surface area (TPSA) is 85.6 Å². The quantitative estimate of drug-likeness (QED) is 0.542. The fraction of sp³-hybridized carbons (Fsp3) is 0.481. The lowest BCUT2D eigenvalue weighted by Gasteiger charge is -2.43. The maximum atomic E-state index is 13.4. The standard InChI is InChI=1S/C27H34N6O3/c1-18-16-32(17-19(2)36-18)21-10-13-31(14-11-21)26(34)23-15-29-33(20(23)3)27-28-12-9-24(30-27)22-7-5-6-8-25(22)35-4/h5-9,12,15,18-19,21H,10-11,13-14,16-17H2,1-4H3/t18-,19+. The Morgan fingerprint density at radius 3 is 2.53 bits per heavy atom. The van der Waals surface area contributed by atoms with E-state index in [1.807, 2.05) is 42.2 Å². The molecule has 0 unspecified atom stereocenters. The van der Waals surface area contributed by atoms with Gasteiger partial charge in [0.15, 0.2) is 0 Å². The third-order valence-corrected chi connectivity index (χ3v) is 7.17. The van der Waals surface area contributed by atoms with Crippen LogP contribution < -0.4 is 4.74 Å². The Morgan fingerprint density at radius 1 is 1.08 bits per heavy atom. The summed E-state index contributed by atoms with van der Waals surface area (Å²) in [6, 6.07) is 10.1. The van der Waals surface area contributed by atoms with E-state index in [0.717, 1.165) is 61.7 Å². The molecule has 2 aliphatic rings. The number of ether oxygens (including phenoxy) is 2. The number of benzene rings is 1. The van der Waals surface area contributed by atoms with Crippen LogP contribution in [0, 0.1) is 6.92 Å². The van der Waals surface area contributed by atoms with E-state index in [-0.39, 0.29) is 18.1 Å². The van der Waals surface area contributed by atoms with Gasteiger partial charge < -0.3 is 14.4 Å². The van der Waals surface area contributed by atoms with Gasteiger partial charge in [0.2, 0.25) is 0 Å². The van der Waals surface area contributed by atoms with Crippen molar-refractivity contribution in [1.82, 2.24) is 29.5 Å². The number of hydrogen-bond acceptors (Lipinski definition) is 7. The van der Waals surface area contributed by atoms with Crippen molar-refractivity contribution in [2.75, 3.05) is 33.3 Å². The fourth-order valence-corrected chi connectivity index (χ4v) is 5.40. The molecule has 0 radical (unpaired) electrons. The zero-order valence-electron chi connectivity index (χ0n) is 21.4. The van der Waals surface area contributed by atoms with Gasteiger partial charge in [0.1, 0.15) is 5.75 Å². The second-order valence-electron chi connectivity index (χ2n) is 9.73. The molecule has 2 saturated heterocycles. The Hall–Kier alpha value is -3.30. The van der Waals surface area contributed by atoms with Gasteiger partial charge in [-0.1, -0.05) is 12.1 Å². The minimum atomic E-state index is 0.0156. The summed E-state index contributed by atoms with van der Waals surface area (Å²) in [5, 5.41) is 4.48. The van der Waals surface area contributed by atoms with Crippen molar-refractivity contribution in [3.05, 3.63) is 54.0 Å². The van der Waals surface area contributed by atoms with Gasteiger partial charge in [-0.05, 0) is 51.8 Å². The predicted molar refractivity (Wildman–Crippen MR) is 136 cm³/mol. The monoisotopic (exact) mass is 490 g/mol. The van der Waals surface area contributed by atoms with Gasteiger partial charge in [0.25, 0.3) is 11.9 Å². The molecule has 2 aliphatic heterocycles. The summed E-state index contributed by atoms with van der Waals surface area (Å²) in [7, 11) is 1.64. The molecule has 190 valence electrons. The van der Waals surface area contributed by atoms with Gasteiger partial charge in [-0.2, -0.15) is 5.10 Å². The number of methoxy groups -OCH3 is 1. The first-order chi connectivity index (χ1) is 17.4. The van der Waals surface area contributed by atoms with E-state index < -0.39 is 0 Å². The third-order valence-electron chi connectivity index (χ3n) is 7.17. The molecule has 3 aromatic rings. The Balaban J connectivity index is 1.29. The minimum absolute atomic E-state index is 0.0156. The zero-order valence-corrected chi connectivity index (χ0v) is 21.4. The summed E-state index contributed by atoms with van der Waals surface area (Å²) < 4.78 is 13.0. The highest BCUT2D eigenvalue weighted by Crippen LogP contribution is 2.28. The van der Waals surface area contributed by atoms with Crippen molar-refractivity contribution in [2.24, 2.45) is 0 Å². The number of nitrogens with zero attached hydrogens (tertiary/aromatic N) is 6. The molecular formula is C27H34N6O3. The van der Waals surface area contributed by atoms with E-state index in [1.165, 1.54) is 0 Å². The van der Waals surface area contributed by atoms with Gasteiger partial charge in [0, 0.05) is 44.0 Å². The van der Waals surface area contributed by atoms with Gasteiger partial charge in [-0.3, -0.25) is 9.69 Å². The van der Waals surface area contributed by atoms with Gasteiger partial charge in [-0.25, -0.2) is 14.6 Å². The Morgan fingerprint density at radius 2 is 1.81 bits per heavy atom. The number of amides is 1. The number of carbonyl (C=O) groups is 1. The SMILES string of the molecule is COc1ccccc1-c1ccnc(-n2ncc(C(=O)N3CCC(N4C[C@@H](C)O[C@@H](C)C4)CC3)c2C)n1. The molecule has 0 bridgehead atoms. The molecule has 9 nitrogen and oxygen atoms in total. The van der Waals surface area contributed by atoms with Gasteiger partial charge in [-0.15, -0.1) is 0 Å². The lowest BCUT2D eigenvalue weighted by atomic mass is 10.0. The van der Waals surface area contributed by atoms with Crippen LogP contribution in [0.5, 0.6) is 5.75 Å². The van der Waals surface area contributed by atoms with E-state index in [9.17, 15) is 4.79 Å². The molecule has 0 aliphatic carbocycles. The van der Waals surface area contributed by atoms with Crippen molar-refractivity contribution in [2.45, 2.75) is 51.9 Å². The largest absolute Gasteiger partial charge is 0.496 e. The highest BCUT2D eigenvalue weighted by atomic mass is 16.5. The molecule has 9 heteroatoms. The number of rotatable bonds is 5. The lowest BCUT2D eigenvalue weighted by molar-refractivity contribution is -0.0856. The Bertz CT molecular complexity index is 1210. The van der Waals surface area contributed by atoms with E-state index >= 15 is 0 Å². The van der Waals surface area contributed by atoms with Crippen LogP contribution in [0.15, 0.2) is 42.7 Å². The van der Waals surface area contributed by atoms with Crippen molar-refractivity contribution < 1.29 is 14.3 Å². The second kappa shape index (κ2) is 10.4. The molecule has 2 aromatic heterocycles. The smallest absolute Gasteiger partial charge is 0.257 e. The fourth-order valence-electron chi connectivity index (χ4n) is 5.40. The summed E-state index contributed by atoms with van der Waals surface area (Å²) >= 11 is 0. The van der Waals surface area contributed by atoms with E-state index in [4.69, 9.17) is 14.5 Å².